The minimum absolute atomic E-state index is 0.193. The van der Waals surface area contributed by atoms with E-state index in [4.69, 9.17) is 5.73 Å². The summed E-state index contributed by atoms with van der Waals surface area (Å²) in [4.78, 5) is 1.30. The summed E-state index contributed by atoms with van der Waals surface area (Å²) >= 11 is 1.55. The van der Waals surface area contributed by atoms with Crippen molar-refractivity contribution < 1.29 is 8.42 Å². The fourth-order valence-electron chi connectivity index (χ4n) is 2.00. The number of nitrogens with two attached hydrogens (primary N) is 1. The number of sulfonamides is 1. The van der Waals surface area contributed by atoms with Crippen molar-refractivity contribution >= 4 is 21.4 Å². The Bertz CT molecular complexity index is 675. The maximum atomic E-state index is 12.6. The molecule has 0 saturated heterocycles. The molecule has 0 spiro atoms. The third-order valence-corrected chi connectivity index (χ3v) is 6.41. The normalized spacial score (nSPS) is 13.8. The first-order valence-electron chi connectivity index (χ1n) is 6.24. The van der Waals surface area contributed by atoms with E-state index >= 15 is 0 Å². The monoisotopic (exact) mass is 313 g/mol. The summed E-state index contributed by atoms with van der Waals surface area (Å²) in [5.41, 5.74) is 6.39. The van der Waals surface area contributed by atoms with Crippen LogP contribution < -0.4 is 5.73 Å². The highest BCUT2D eigenvalue weighted by Crippen LogP contribution is 2.28. The Hall–Kier alpha value is -1.15. The van der Waals surface area contributed by atoms with Crippen LogP contribution in [0.25, 0.3) is 0 Å². The van der Waals surface area contributed by atoms with Crippen molar-refractivity contribution in [3.8, 4) is 0 Å². The van der Waals surface area contributed by atoms with Crippen LogP contribution in [0.15, 0.2) is 34.7 Å². The molecule has 0 radical (unpaired) electrons. The van der Waals surface area contributed by atoms with E-state index in [1.807, 2.05) is 24.4 Å². The molecule has 110 valence electrons. The molecular formula is C13H19N3O2S2. The Balaban J connectivity index is 2.34. The first-order chi connectivity index (χ1) is 9.37. The van der Waals surface area contributed by atoms with Gasteiger partial charge in [-0.15, -0.1) is 11.3 Å². The van der Waals surface area contributed by atoms with E-state index in [1.54, 1.807) is 42.3 Å². The summed E-state index contributed by atoms with van der Waals surface area (Å²) in [5, 5.41) is 1.95. The number of rotatable bonds is 5. The van der Waals surface area contributed by atoms with Gasteiger partial charge in [0.2, 0.25) is 10.0 Å². The van der Waals surface area contributed by atoms with E-state index in [9.17, 15) is 8.42 Å². The van der Waals surface area contributed by atoms with Gasteiger partial charge in [-0.05, 0) is 24.4 Å². The van der Waals surface area contributed by atoms with Crippen molar-refractivity contribution in [2.24, 2.45) is 12.8 Å². The van der Waals surface area contributed by atoms with Crippen molar-refractivity contribution in [1.82, 2.24) is 8.87 Å². The predicted octanol–water partition coefficient (Wildman–Crippen LogP) is 1.93. The Morgan fingerprint density at radius 3 is 2.70 bits per heavy atom. The molecule has 2 heterocycles. The van der Waals surface area contributed by atoms with E-state index in [0.717, 1.165) is 10.6 Å². The molecule has 1 unspecified atom stereocenters. The topological polar surface area (TPSA) is 68.3 Å². The third kappa shape index (κ3) is 2.67. The molecule has 0 aliphatic rings. The first kappa shape index (κ1) is 15.2. The molecule has 0 aromatic carbocycles. The summed E-state index contributed by atoms with van der Waals surface area (Å²) in [6.45, 7) is 2.20. The molecule has 0 saturated carbocycles. The van der Waals surface area contributed by atoms with Crippen molar-refractivity contribution in [2.75, 3.05) is 7.05 Å². The maximum Gasteiger partial charge on any atom is 0.244 e. The third-order valence-electron chi connectivity index (χ3n) is 3.47. The first-order valence-corrected chi connectivity index (χ1v) is 8.56. The van der Waals surface area contributed by atoms with Gasteiger partial charge in [0.25, 0.3) is 0 Å². The number of hydrogen-bond acceptors (Lipinski definition) is 4. The number of nitrogens with zero attached hydrogens (tertiary/aromatic N) is 2. The number of hydrogen-bond donors (Lipinski definition) is 1. The van der Waals surface area contributed by atoms with Crippen LogP contribution in [-0.2, 0) is 23.6 Å². The smallest absolute Gasteiger partial charge is 0.244 e. The van der Waals surface area contributed by atoms with Gasteiger partial charge in [-0.25, -0.2) is 8.42 Å². The van der Waals surface area contributed by atoms with E-state index in [2.05, 4.69) is 0 Å². The van der Waals surface area contributed by atoms with Crippen LogP contribution in [0.3, 0.4) is 0 Å². The molecule has 0 fully saturated rings. The molecular weight excluding hydrogens is 294 g/mol. The zero-order valence-electron chi connectivity index (χ0n) is 11.8. The van der Waals surface area contributed by atoms with Gasteiger partial charge in [-0.3, -0.25) is 0 Å². The minimum Gasteiger partial charge on any atom is -0.352 e. The van der Waals surface area contributed by atoms with Gasteiger partial charge in [0.15, 0.2) is 0 Å². The summed E-state index contributed by atoms with van der Waals surface area (Å²) in [6.07, 6.45) is 1.61. The second-order valence-electron chi connectivity index (χ2n) is 4.69. The molecule has 7 heteroatoms. The van der Waals surface area contributed by atoms with Gasteiger partial charge >= 0.3 is 0 Å². The van der Waals surface area contributed by atoms with Crippen LogP contribution >= 0.6 is 11.3 Å². The van der Waals surface area contributed by atoms with Crippen molar-refractivity contribution in [2.45, 2.75) is 24.4 Å². The van der Waals surface area contributed by atoms with E-state index in [0.29, 0.717) is 6.54 Å². The van der Waals surface area contributed by atoms with E-state index in [-0.39, 0.29) is 10.9 Å². The lowest BCUT2D eigenvalue weighted by Gasteiger charge is -2.22. The molecule has 2 aromatic rings. The maximum absolute atomic E-state index is 12.6. The molecule has 20 heavy (non-hydrogen) atoms. The van der Waals surface area contributed by atoms with Gasteiger partial charge < -0.3 is 10.3 Å². The van der Waals surface area contributed by atoms with Gasteiger partial charge in [-0.2, -0.15) is 4.31 Å². The molecule has 0 aliphatic heterocycles. The fourth-order valence-corrected chi connectivity index (χ4v) is 4.34. The second-order valence-corrected chi connectivity index (χ2v) is 7.67. The highest BCUT2D eigenvalue weighted by atomic mass is 32.2. The highest BCUT2D eigenvalue weighted by Gasteiger charge is 2.28. The molecule has 5 nitrogen and oxygen atoms in total. The predicted molar refractivity (Wildman–Crippen MR) is 81.0 cm³/mol. The van der Waals surface area contributed by atoms with Crippen LogP contribution in [0.5, 0.6) is 0 Å². The van der Waals surface area contributed by atoms with Crippen LogP contribution in [0.4, 0.5) is 0 Å². The van der Waals surface area contributed by atoms with Crippen LogP contribution in [0.1, 0.15) is 23.5 Å². The summed E-state index contributed by atoms with van der Waals surface area (Å²) in [7, 11) is -0.111. The summed E-state index contributed by atoms with van der Waals surface area (Å²) in [6, 6.07) is 5.30. The van der Waals surface area contributed by atoms with Gasteiger partial charge in [0.1, 0.15) is 4.90 Å². The molecule has 0 aliphatic carbocycles. The van der Waals surface area contributed by atoms with E-state index < -0.39 is 10.0 Å². The van der Waals surface area contributed by atoms with Gasteiger partial charge in [0, 0.05) is 37.4 Å². The zero-order chi connectivity index (χ0) is 14.9. The summed E-state index contributed by atoms with van der Waals surface area (Å²) < 4.78 is 28.4. The average molecular weight is 313 g/mol. The van der Waals surface area contributed by atoms with Crippen LogP contribution in [0, 0.1) is 0 Å². The standard InChI is InChI=1S/C13H19N3O2S2/c1-10(13-5-4-6-19-13)16(3)20(17,18)12-7-11(8-14)15(2)9-12/h4-7,9-10H,8,14H2,1-3H3. The molecule has 2 N–H and O–H groups in total. The lowest BCUT2D eigenvalue weighted by molar-refractivity contribution is 0.403. The zero-order valence-corrected chi connectivity index (χ0v) is 13.4. The minimum atomic E-state index is -3.51. The fraction of sp³-hybridized carbons (Fsp3) is 0.385. The largest absolute Gasteiger partial charge is 0.352 e. The Labute approximate surface area is 123 Å². The van der Waals surface area contributed by atoms with Crippen LogP contribution in [-0.4, -0.2) is 24.3 Å². The molecule has 2 rings (SSSR count). The Morgan fingerprint density at radius 1 is 1.50 bits per heavy atom. The van der Waals surface area contributed by atoms with Gasteiger partial charge in [0.05, 0.1) is 6.04 Å². The van der Waals surface area contributed by atoms with Crippen molar-refractivity contribution in [3.05, 3.63) is 40.3 Å². The Kier molecular flexibility index (Phi) is 4.33. The number of thiophene rings is 1. The summed E-state index contributed by atoms with van der Waals surface area (Å²) in [5.74, 6) is 0. The van der Waals surface area contributed by atoms with Gasteiger partial charge in [-0.1, -0.05) is 6.07 Å². The lowest BCUT2D eigenvalue weighted by Crippen LogP contribution is -2.29. The Morgan fingerprint density at radius 2 is 2.20 bits per heavy atom. The second kappa shape index (κ2) is 5.69. The molecule has 2 aromatic heterocycles. The number of aromatic nitrogens is 1. The quantitative estimate of drug-likeness (QED) is 0.917. The molecule has 0 amide bonds. The molecule has 1 atom stereocenters. The highest BCUT2D eigenvalue weighted by molar-refractivity contribution is 7.89. The van der Waals surface area contributed by atoms with E-state index in [1.165, 1.54) is 4.31 Å². The van der Waals surface area contributed by atoms with Crippen molar-refractivity contribution in [3.63, 3.8) is 0 Å². The average Bonchev–Trinajstić information content (AvgIpc) is 3.05. The van der Waals surface area contributed by atoms with Crippen molar-refractivity contribution in [1.29, 1.82) is 0 Å². The lowest BCUT2D eigenvalue weighted by atomic mass is 10.3. The number of aryl methyl sites for hydroxylation is 1. The van der Waals surface area contributed by atoms with Crippen LogP contribution in [0.2, 0.25) is 0 Å². The SMILES string of the molecule is CC(c1cccs1)N(C)S(=O)(=O)c1cc(CN)n(C)c1. The molecule has 0 bridgehead atoms.